The standard InChI is InChI=1S/C13H16O4/c1-4-16-13(15)8-17-12-6-5-9(2)7-11(12)10(3)14/h5-7H,4,8H2,1-3H3. The van der Waals surface area contributed by atoms with E-state index in [2.05, 4.69) is 0 Å². The van der Waals surface area contributed by atoms with Crippen LogP contribution >= 0.6 is 0 Å². The molecule has 0 saturated carbocycles. The number of benzene rings is 1. The lowest BCUT2D eigenvalue weighted by Crippen LogP contribution is -2.15. The number of rotatable bonds is 5. The van der Waals surface area contributed by atoms with Crippen LogP contribution in [0.2, 0.25) is 0 Å². The highest BCUT2D eigenvalue weighted by molar-refractivity contribution is 5.97. The summed E-state index contributed by atoms with van der Waals surface area (Å²) in [5.41, 5.74) is 1.45. The molecule has 0 aromatic heterocycles. The van der Waals surface area contributed by atoms with Gasteiger partial charge in [0.2, 0.25) is 0 Å². The normalized spacial score (nSPS) is 9.82. The van der Waals surface area contributed by atoms with Crippen LogP contribution in [-0.2, 0) is 9.53 Å². The third kappa shape index (κ3) is 3.90. The predicted molar refractivity (Wildman–Crippen MR) is 63.3 cm³/mol. The van der Waals surface area contributed by atoms with Crippen LogP contribution in [-0.4, -0.2) is 25.0 Å². The van der Waals surface area contributed by atoms with Gasteiger partial charge in [0.1, 0.15) is 5.75 Å². The zero-order valence-corrected chi connectivity index (χ0v) is 10.3. The van der Waals surface area contributed by atoms with E-state index in [9.17, 15) is 9.59 Å². The maximum Gasteiger partial charge on any atom is 0.344 e. The van der Waals surface area contributed by atoms with Crippen LogP contribution in [0.1, 0.15) is 29.8 Å². The zero-order chi connectivity index (χ0) is 12.8. The molecule has 4 nitrogen and oxygen atoms in total. The Morgan fingerprint density at radius 1 is 1.29 bits per heavy atom. The lowest BCUT2D eigenvalue weighted by Gasteiger charge is -2.09. The summed E-state index contributed by atoms with van der Waals surface area (Å²) in [6, 6.07) is 5.25. The Bertz CT molecular complexity index is 423. The molecule has 0 heterocycles. The number of carbonyl (C=O) groups is 2. The van der Waals surface area contributed by atoms with E-state index in [1.807, 2.05) is 13.0 Å². The van der Waals surface area contributed by atoms with Crippen LogP contribution in [0.15, 0.2) is 18.2 Å². The lowest BCUT2D eigenvalue weighted by atomic mass is 10.1. The van der Waals surface area contributed by atoms with Gasteiger partial charge in [-0.2, -0.15) is 0 Å². The average Bonchev–Trinajstić information content (AvgIpc) is 2.27. The summed E-state index contributed by atoms with van der Waals surface area (Å²) in [6.07, 6.45) is 0. The van der Waals surface area contributed by atoms with Gasteiger partial charge in [-0.05, 0) is 32.9 Å². The highest BCUT2D eigenvalue weighted by Gasteiger charge is 2.10. The van der Waals surface area contributed by atoms with E-state index in [1.54, 1.807) is 19.1 Å². The smallest absolute Gasteiger partial charge is 0.344 e. The number of ketones is 1. The van der Waals surface area contributed by atoms with E-state index < -0.39 is 5.97 Å². The summed E-state index contributed by atoms with van der Waals surface area (Å²) in [7, 11) is 0. The summed E-state index contributed by atoms with van der Waals surface area (Å²) >= 11 is 0. The second kappa shape index (κ2) is 6.03. The molecule has 0 aliphatic heterocycles. The van der Waals surface area contributed by atoms with Crippen molar-refractivity contribution >= 4 is 11.8 Å². The molecule has 92 valence electrons. The van der Waals surface area contributed by atoms with Crippen molar-refractivity contribution in [2.24, 2.45) is 0 Å². The zero-order valence-electron chi connectivity index (χ0n) is 10.3. The predicted octanol–water partition coefficient (Wildman–Crippen LogP) is 2.14. The maximum absolute atomic E-state index is 11.4. The molecule has 0 N–H and O–H groups in total. The molecule has 0 saturated heterocycles. The quantitative estimate of drug-likeness (QED) is 0.580. The number of esters is 1. The summed E-state index contributed by atoms with van der Waals surface area (Å²) in [4.78, 5) is 22.5. The van der Waals surface area contributed by atoms with Crippen LogP contribution in [0.5, 0.6) is 5.75 Å². The number of aryl methyl sites for hydroxylation is 1. The molecule has 0 bridgehead atoms. The third-order valence-corrected chi connectivity index (χ3v) is 2.17. The number of carbonyl (C=O) groups excluding carboxylic acids is 2. The van der Waals surface area contributed by atoms with Crippen LogP contribution in [0.4, 0.5) is 0 Å². The molecule has 1 aromatic carbocycles. The van der Waals surface area contributed by atoms with Crippen LogP contribution in [0, 0.1) is 6.92 Å². The Hall–Kier alpha value is -1.84. The lowest BCUT2D eigenvalue weighted by molar-refractivity contribution is -0.145. The summed E-state index contributed by atoms with van der Waals surface area (Å²) in [5, 5.41) is 0. The van der Waals surface area contributed by atoms with Gasteiger partial charge in [-0.3, -0.25) is 4.79 Å². The van der Waals surface area contributed by atoms with Gasteiger partial charge in [-0.25, -0.2) is 4.79 Å². The first-order valence-corrected chi connectivity index (χ1v) is 5.44. The molecule has 0 radical (unpaired) electrons. The van der Waals surface area contributed by atoms with Gasteiger partial charge in [0.15, 0.2) is 12.4 Å². The Balaban J connectivity index is 2.77. The van der Waals surface area contributed by atoms with E-state index in [4.69, 9.17) is 9.47 Å². The highest BCUT2D eigenvalue weighted by Crippen LogP contribution is 2.20. The topological polar surface area (TPSA) is 52.6 Å². The Morgan fingerprint density at radius 2 is 2.00 bits per heavy atom. The van der Waals surface area contributed by atoms with Crippen molar-refractivity contribution in [1.82, 2.24) is 0 Å². The first-order valence-electron chi connectivity index (χ1n) is 5.44. The van der Waals surface area contributed by atoms with Crippen molar-refractivity contribution in [3.63, 3.8) is 0 Å². The van der Waals surface area contributed by atoms with Gasteiger partial charge in [0.05, 0.1) is 12.2 Å². The fourth-order valence-electron chi connectivity index (χ4n) is 1.38. The van der Waals surface area contributed by atoms with Gasteiger partial charge in [-0.15, -0.1) is 0 Å². The van der Waals surface area contributed by atoms with E-state index in [-0.39, 0.29) is 12.4 Å². The first-order chi connectivity index (χ1) is 8.04. The highest BCUT2D eigenvalue weighted by atomic mass is 16.6. The van der Waals surface area contributed by atoms with Gasteiger partial charge in [0, 0.05) is 0 Å². The molecule has 0 atom stereocenters. The van der Waals surface area contributed by atoms with Crippen molar-refractivity contribution in [3.05, 3.63) is 29.3 Å². The third-order valence-electron chi connectivity index (χ3n) is 2.17. The Morgan fingerprint density at radius 3 is 2.59 bits per heavy atom. The maximum atomic E-state index is 11.4. The molecule has 17 heavy (non-hydrogen) atoms. The molecule has 4 heteroatoms. The van der Waals surface area contributed by atoms with Crippen molar-refractivity contribution < 1.29 is 19.1 Å². The molecule has 0 amide bonds. The fourth-order valence-corrected chi connectivity index (χ4v) is 1.38. The molecule has 0 aliphatic rings. The molecule has 1 rings (SSSR count). The van der Waals surface area contributed by atoms with Crippen molar-refractivity contribution in [2.75, 3.05) is 13.2 Å². The van der Waals surface area contributed by atoms with Gasteiger partial charge in [0.25, 0.3) is 0 Å². The van der Waals surface area contributed by atoms with Crippen molar-refractivity contribution in [2.45, 2.75) is 20.8 Å². The number of ether oxygens (including phenoxy) is 2. The summed E-state index contributed by atoms with van der Waals surface area (Å²) in [5.74, 6) is -0.119. The minimum absolute atomic E-state index is 0.0902. The Kier molecular flexibility index (Phi) is 4.69. The minimum atomic E-state index is -0.442. The largest absolute Gasteiger partial charge is 0.481 e. The van der Waals surface area contributed by atoms with E-state index in [0.29, 0.717) is 17.9 Å². The van der Waals surface area contributed by atoms with Gasteiger partial charge < -0.3 is 9.47 Å². The number of hydrogen-bond acceptors (Lipinski definition) is 4. The monoisotopic (exact) mass is 236 g/mol. The first kappa shape index (κ1) is 13.2. The number of hydrogen-bond donors (Lipinski definition) is 0. The average molecular weight is 236 g/mol. The van der Waals surface area contributed by atoms with Crippen LogP contribution < -0.4 is 4.74 Å². The summed E-state index contributed by atoms with van der Waals surface area (Å²) in [6.45, 7) is 5.21. The second-order valence-corrected chi connectivity index (χ2v) is 3.65. The summed E-state index contributed by atoms with van der Waals surface area (Å²) < 4.78 is 10.0. The molecular weight excluding hydrogens is 220 g/mol. The van der Waals surface area contributed by atoms with Gasteiger partial charge in [-0.1, -0.05) is 11.6 Å². The van der Waals surface area contributed by atoms with Crippen LogP contribution in [0.25, 0.3) is 0 Å². The molecular formula is C13H16O4. The van der Waals surface area contributed by atoms with Gasteiger partial charge >= 0.3 is 5.97 Å². The molecule has 0 fully saturated rings. The van der Waals surface area contributed by atoms with Crippen molar-refractivity contribution in [1.29, 1.82) is 0 Å². The Labute approximate surface area is 101 Å². The fraction of sp³-hybridized carbons (Fsp3) is 0.385. The molecule has 1 aromatic rings. The van der Waals surface area contributed by atoms with E-state index >= 15 is 0 Å². The van der Waals surface area contributed by atoms with E-state index in [1.165, 1.54) is 6.92 Å². The van der Waals surface area contributed by atoms with Crippen LogP contribution in [0.3, 0.4) is 0 Å². The minimum Gasteiger partial charge on any atom is -0.481 e. The second-order valence-electron chi connectivity index (χ2n) is 3.65. The molecule has 0 unspecified atom stereocenters. The van der Waals surface area contributed by atoms with Crippen molar-refractivity contribution in [3.8, 4) is 5.75 Å². The SMILES string of the molecule is CCOC(=O)COc1ccc(C)cc1C(C)=O. The number of Topliss-reactive ketones (excluding diaryl/α,β-unsaturated/α-hetero) is 1. The van der Waals surface area contributed by atoms with E-state index in [0.717, 1.165) is 5.56 Å². The molecule has 0 spiro atoms. The molecule has 0 aliphatic carbocycles.